The summed E-state index contributed by atoms with van der Waals surface area (Å²) in [7, 11) is 0. The van der Waals surface area contributed by atoms with Crippen LogP contribution in [0.2, 0.25) is 0 Å². The van der Waals surface area contributed by atoms with Gasteiger partial charge < -0.3 is 9.88 Å². The van der Waals surface area contributed by atoms with Crippen LogP contribution in [0.1, 0.15) is 24.2 Å². The minimum atomic E-state index is 0.585. The first kappa shape index (κ1) is 15.7. The van der Waals surface area contributed by atoms with Crippen LogP contribution in [-0.2, 0) is 6.42 Å². The van der Waals surface area contributed by atoms with E-state index < -0.39 is 0 Å². The number of nitrogens with one attached hydrogen (secondary N) is 1. The van der Waals surface area contributed by atoms with Crippen molar-refractivity contribution in [2.45, 2.75) is 26.2 Å². The molecule has 128 valence electrons. The smallest absolute Gasteiger partial charge is 0.157 e. The Morgan fingerprint density at radius 3 is 2.80 bits per heavy atom. The number of nitrogens with zero attached hydrogens (tertiary/aromatic N) is 5. The highest BCUT2D eigenvalue weighted by molar-refractivity contribution is 5.47. The van der Waals surface area contributed by atoms with Crippen molar-refractivity contribution in [3.05, 3.63) is 54.4 Å². The fourth-order valence-electron chi connectivity index (χ4n) is 3.40. The first-order chi connectivity index (χ1) is 12.3. The van der Waals surface area contributed by atoms with E-state index in [2.05, 4.69) is 35.9 Å². The Morgan fingerprint density at radius 1 is 1.12 bits per heavy atom. The Labute approximate surface area is 147 Å². The predicted molar refractivity (Wildman–Crippen MR) is 97.2 cm³/mol. The lowest BCUT2D eigenvalue weighted by Crippen LogP contribution is -2.36. The highest BCUT2D eigenvalue weighted by Crippen LogP contribution is 2.24. The third-order valence-corrected chi connectivity index (χ3v) is 4.64. The topological polar surface area (TPSA) is 70.6 Å². The maximum Gasteiger partial charge on any atom is 0.157 e. The lowest BCUT2D eigenvalue weighted by molar-refractivity contribution is 0.408. The molecule has 1 unspecified atom stereocenters. The molecule has 6 nitrogen and oxygen atoms in total. The largest absolute Gasteiger partial charge is 0.356 e. The monoisotopic (exact) mass is 334 g/mol. The number of hydrogen-bond donors (Lipinski definition) is 1. The van der Waals surface area contributed by atoms with Gasteiger partial charge in [0.15, 0.2) is 5.82 Å². The minimum absolute atomic E-state index is 0.585. The molecule has 1 atom stereocenters. The minimum Gasteiger partial charge on any atom is -0.356 e. The van der Waals surface area contributed by atoms with Gasteiger partial charge in [0.25, 0.3) is 0 Å². The molecule has 3 aromatic heterocycles. The summed E-state index contributed by atoms with van der Waals surface area (Å²) in [6, 6.07) is 6.09. The van der Waals surface area contributed by atoms with Gasteiger partial charge in [0.05, 0.1) is 11.9 Å². The molecule has 1 fully saturated rings. The fraction of sp³-hybridized carbons (Fsp3) is 0.368. The number of anilines is 1. The molecule has 0 bridgehead atoms. The lowest BCUT2D eigenvalue weighted by atomic mass is 9.93. The third kappa shape index (κ3) is 3.68. The van der Waals surface area contributed by atoms with Gasteiger partial charge in [0.2, 0.25) is 0 Å². The van der Waals surface area contributed by atoms with Crippen molar-refractivity contribution in [3.63, 3.8) is 0 Å². The molecule has 6 heteroatoms. The van der Waals surface area contributed by atoms with E-state index in [1.54, 1.807) is 6.20 Å². The second kappa shape index (κ2) is 7.01. The van der Waals surface area contributed by atoms with Crippen molar-refractivity contribution in [1.29, 1.82) is 0 Å². The number of aryl methyl sites for hydroxylation is 1. The molecule has 1 aliphatic heterocycles. The van der Waals surface area contributed by atoms with Crippen molar-refractivity contribution < 1.29 is 0 Å². The Kier molecular flexibility index (Phi) is 4.41. The summed E-state index contributed by atoms with van der Waals surface area (Å²) < 4.78 is 0. The summed E-state index contributed by atoms with van der Waals surface area (Å²) in [5.41, 5.74) is 2.85. The van der Waals surface area contributed by atoms with Crippen LogP contribution >= 0.6 is 0 Å². The third-order valence-electron chi connectivity index (χ3n) is 4.64. The van der Waals surface area contributed by atoms with E-state index in [9.17, 15) is 0 Å². The molecule has 1 N–H and O–H groups in total. The van der Waals surface area contributed by atoms with E-state index >= 15 is 0 Å². The van der Waals surface area contributed by atoms with Crippen LogP contribution in [-0.4, -0.2) is 38.0 Å². The van der Waals surface area contributed by atoms with Crippen molar-refractivity contribution >= 4 is 5.82 Å². The molecule has 3 aromatic rings. The number of H-pyrrole nitrogens is 1. The molecule has 0 radical (unpaired) electrons. The summed E-state index contributed by atoms with van der Waals surface area (Å²) in [4.78, 5) is 23.5. The molecule has 0 aromatic carbocycles. The molecule has 4 rings (SSSR count). The first-order valence-corrected chi connectivity index (χ1v) is 8.77. The van der Waals surface area contributed by atoms with E-state index in [1.165, 1.54) is 12.8 Å². The highest BCUT2D eigenvalue weighted by Gasteiger charge is 2.21. The van der Waals surface area contributed by atoms with Crippen LogP contribution in [0.4, 0.5) is 5.82 Å². The van der Waals surface area contributed by atoms with Gasteiger partial charge in [0, 0.05) is 37.4 Å². The molecule has 0 spiro atoms. The van der Waals surface area contributed by atoms with Gasteiger partial charge in [-0.3, -0.25) is 4.98 Å². The molecule has 0 amide bonds. The van der Waals surface area contributed by atoms with Gasteiger partial charge in [0.1, 0.15) is 11.5 Å². The summed E-state index contributed by atoms with van der Waals surface area (Å²) in [6.07, 6.45) is 10.7. The average molecular weight is 334 g/mol. The van der Waals surface area contributed by atoms with E-state index in [4.69, 9.17) is 0 Å². The number of hydrogen-bond acceptors (Lipinski definition) is 5. The number of rotatable bonds is 4. The molecule has 1 saturated heterocycles. The highest BCUT2D eigenvalue weighted by atomic mass is 15.2. The van der Waals surface area contributed by atoms with E-state index in [0.29, 0.717) is 5.92 Å². The quantitative estimate of drug-likeness (QED) is 0.794. The average Bonchev–Trinajstić information content (AvgIpc) is 3.10. The number of pyridine rings is 1. The Balaban J connectivity index is 1.41. The van der Waals surface area contributed by atoms with Gasteiger partial charge in [-0.05, 0) is 44.2 Å². The van der Waals surface area contributed by atoms with Crippen LogP contribution in [0.3, 0.4) is 0 Å². The summed E-state index contributed by atoms with van der Waals surface area (Å²) >= 11 is 0. The molecular formula is C19H22N6. The van der Waals surface area contributed by atoms with Gasteiger partial charge in [-0.25, -0.2) is 15.0 Å². The Bertz CT molecular complexity index is 811. The van der Waals surface area contributed by atoms with E-state index in [-0.39, 0.29) is 0 Å². The zero-order valence-corrected chi connectivity index (χ0v) is 14.4. The molecule has 1 aliphatic rings. The maximum absolute atomic E-state index is 4.60. The summed E-state index contributed by atoms with van der Waals surface area (Å²) in [6.45, 7) is 4.09. The lowest BCUT2D eigenvalue weighted by Gasteiger charge is -2.33. The van der Waals surface area contributed by atoms with Crippen molar-refractivity contribution in [2.24, 2.45) is 5.92 Å². The second-order valence-electron chi connectivity index (χ2n) is 6.65. The van der Waals surface area contributed by atoms with Crippen molar-refractivity contribution in [1.82, 2.24) is 24.9 Å². The zero-order valence-electron chi connectivity index (χ0n) is 14.4. The van der Waals surface area contributed by atoms with Crippen LogP contribution in [0.25, 0.3) is 11.5 Å². The molecule has 4 heterocycles. The first-order valence-electron chi connectivity index (χ1n) is 8.77. The van der Waals surface area contributed by atoms with E-state index in [0.717, 1.165) is 48.2 Å². The molecular weight excluding hydrogens is 312 g/mol. The number of piperidine rings is 1. The van der Waals surface area contributed by atoms with E-state index in [1.807, 2.05) is 37.6 Å². The normalized spacial score (nSPS) is 17.6. The Hall–Kier alpha value is -2.76. The van der Waals surface area contributed by atoms with Crippen LogP contribution in [0, 0.1) is 12.8 Å². The van der Waals surface area contributed by atoms with Crippen LogP contribution in [0.15, 0.2) is 43.0 Å². The summed E-state index contributed by atoms with van der Waals surface area (Å²) in [5.74, 6) is 2.43. The second-order valence-corrected chi connectivity index (χ2v) is 6.65. The molecule has 25 heavy (non-hydrogen) atoms. The van der Waals surface area contributed by atoms with Crippen molar-refractivity contribution in [3.8, 4) is 11.5 Å². The van der Waals surface area contributed by atoms with Gasteiger partial charge in [-0.15, -0.1) is 0 Å². The maximum atomic E-state index is 4.60. The SMILES string of the molecule is Cc1cnc(-c2cnc(CC3CCCN(c4ccccn4)C3)cn2)[nH]1. The van der Waals surface area contributed by atoms with Crippen LogP contribution in [0.5, 0.6) is 0 Å². The standard InChI is InChI=1S/C19H22N6/c1-14-10-23-19(24-14)17-12-21-16(11-22-17)9-15-5-4-8-25(13-15)18-6-2-3-7-20-18/h2-3,6-7,10-12,15H,4-5,8-9,13H2,1H3,(H,23,24). The fourth-order valence-corrected chi connectivity index (χ4v) is 3.40. The zero-order chi connectivity index (χ0) is 17.1. The van der Waals surface area contributed by atoms with Gasteiger partial charge in [-0.1, -0.05) is 6.07 Å². The number of aromatic amines is 1. The summed E-state index contributed by atoms with van der Waals surface area (Å²) in [5, 5.41) is 0. The number of aromatic nitrogens is 5. The van der Waals surface area contributed by atoms with Crippen molar-refractivity contribution in [2.75, 3.05) is 18.0 Å². The van der Waals surface area contributed by atoms with Gasteiger partial charge >= 0.3 is 0 Å². The molecule has 0 aliphatic carbocycles. The number of imidazole rings is 1. The predicted octanol–water partition coefficient (Wildman–Crippen LogP) is 3.03. The Morgan fingerprint density at radius 2 is 2.08 bits per heavy atom. The molecule has 0 saturated carbocycles. The van der Waals surface area contributed by atoms with Gasteiger partial charge in [-0.2, -0.15) is 0 Å². The van der Waals surface area contributed by atoms with Crippen LogP contribution < -0.4 is 4.90 Å².